The van der Waals surface area contributed by atoms with E-state index in [9.17, 15) is 0 Å². The zero-order valence-corrected chi connectivity index (χ0v) is 16.4. The Labute approximate surface area is 149 Å². The molecule has 2 aliphatic rings. The molecule has 1 unspecified atom stereocenters. The fraction of sp³-hybridized carbons (Fsp3) is 0.947. The number of hydrogen-bond acceptors (Lipinski definition) is 3. The number of rotatable bonds is 6. The summed E-state index contributed by atoms with van der Waals surface area (Å²) in [6.07, 6.45) is 6.70. The Hall–Kier alpha value is -0.810. The molecule has 0 aromatic rings. The summed E-state index contributed by atoms with van der Waals surface area (Å²) in [5.74, 6) is 1.72. The summed E-state index contributed by atoms with van der Waals surface area (Å²) < 4.78 is 0. The molecule has 0 radical (unpaired) electrons. The topological polar surface area (TPSA) is 42.9 Å². The van der Waals surface area contributed by atoms with Crippen LogP contribution in [0.3, 0.4) is 0 Å². The van der Waals surface area contributed by atoms with Crippen molar-refractivity contribution < 1.29 is 0 Å². The van der Waals surface area contributed by atoms with Gasteiger partial charge in [0, 0.05) is 25.2 Å². The van der Waals surface area contributed by atoms with E-state index < -0.39 is 0 Å². The lowest BCUT2D eigenvalue weighted by Crippen LogP contribution is -2.50. The largest absolute Gasteiger partial charge is 0.357 e. The first-order valence-corrected chi connectivity index (χ1v) is 9.97. The van der Waals surface area contributed by atoms with Gasteiger partial charge in [0.25, 0.3) is 0 Å². The monoisotopic (exact) mass is 337 g/mol. The van der Waals surface area contributed by atoms with Gasteiger partial charge in [0.15, 0.2) is 5.96 Å². The van der Waals surface area contributed by atoms with Gasteiger partial charge in [-0.3, -0.25) is 9.89 Å². The van der Waals surface area contributed by atoms with Crippen LogP contribution in [-0.2, 0) is 0 Å². The zero-order chi connectivity index (χ0) is 17.4. The highest BCUT2D eigenvalue weighted by Gasteiger charge is 2.27. The minimum atomic E-state index is 0.147. The van der Waals surface area contributed by atoms with Crippen molar-refractivity contribution in [3.05, 3.63) is 0 Å². The molecular formula is C19H39N5. The third-order valence-electron chi connectivity index (χ3n) is 5.46. The Kier molecular flexibility index (Phi) is 7.82. The average Bonchev–Trinajstić information content (AvgIpc) is 2.58. The number of guanidine groups is 1. The molecule has 1 atom stereocenters. The summed E-state index contributed by atoms with van der Waals surface area (Å²) in [4.78, 5) is 9.96. The van der Waals surface area contributed by atoms with E-state index in [1.54, 1.807) is 0 Å². The number of likely N-dealkylation sites (tertiary alicyclic amines) is 2. The Morgan fingerprint density at radius 1 is 1.08 bits per heavy atom. The van der Waals surface area contributed by atoms with E-state index in [2.05, 4.69) is 48.3 Å². The Balaban J connectivity index is 1.84. The van der Waals surface area contributed by atoms with E-state index in [1.165, 1.54) is 58.3 Å². The van der Waals surface area contributed by atoms with Gasteiger partial charge in [-0.25, -0.2) is 0 Å². The van der Waals surface area contributed by atoms with Gasteiger partial charge in [0.2, 0.25) is 0 Å². The van der Waals surface area contributed by atoms with Gasteiger partial charge < -0.3 is 15.5 Å². The van der Waals surface area contributed by atoms with Crippen LogP contribution in [0.1, 0.15) is 52.9 Å². The highest BCUT2D eigenvalue weighted by Crippen LogP contribution is 2.20. The second-order valence-corrected chi connectivity index (χ2v) is 8.21. The Morgan fingerprint density at radius 3 is 2.50 bits per heavy atom. The van der Waals surface area contributed by atoms with Crippen molar-refractivity contribution in [1.82, 2.24) is 20.4 Å². The van der Waals surface area contributed by atoms with E-state index in [0.29, 0.717) is 0 Å². The average molecular weight is 338 g/mol. The molecule has 2 rings (SSSR count). The van der Waals surface area contributed by atoms with Crippen LogP contribution in [0.15, 0.2) is 4.99 Å². The molecule has 5 heteroatoms. The van der Waals surface area contributed by atoms with E-state index in [4.69, 9.17) is 4.99 Å². The van der Waals surface area contributed by atoms with Gasteiger partial charge in [0.1, 0.15) is 0 Å². The third-order valence-corrected chi connectivity index (χ3v) is 5.46. The quantitative estimate of drug-likeness (QED) is 0.576. The summed E-state index contributed by atoms with van der Waals surface area (Å²) >= 11 is 0. The van der Waals surface area contributed by atoms with Gasteiger partial charge in [0.05, 0.1) is 6.54 Å². The van der Waals surface area contributed by atoms with Crippen molar-refractivity contribution in [2.45, 2.75) is 58.4 Å². The lowest BCUT2D eigenvalue weighted by Gasteiger charge is -2.40. The van der Waals surface area contributed by atoms with Crippen molar-refractivity contribution in [2.24, 2.45) is 10.9 Å². The zero-order valence-electron chi connectivity index (χ0n) is 16.4. The molecular weight excluding hydrogens is 298 g/mol. The highest BCUT2D eigenvalue weighted by atomic mass is 15.2. The number of nitrogens with zero attached hydrogens (tertiary/aromatic N) is 3. The second kappa shape index (κ2) is 9.62. The lowest BCUT2D eigenvalue weighted by atomic mass is 9.98. The molecule has 0 aromatic carbocycles. The van der Waals surface area contributed by atoms with E-state index >= 15 is 0 Å². The molecule has 2 heterocycles. The first-order chi connectivity index (χ1) is 11.5. The maximum atomic E-state index is 4.90. The number of nitrogens with one attached hydrogen (secondary N) is 2. The minimum absolute atomic E-state index is 0.147. The summed E-state index contributed by atoms with van der Waals surface area (Å²) in [7, 11) is 2.23. The molecule has 0 saturated carbocycles. The fourth-order valence-corrected chi connectivity index (χ4v) is 3.89. The van der Waals surface area contributed by atoms with Crippen molar-refractivity contribution in [1.29, 1.82) is 0 Å². The standard InChI is InChI=1S/C19H39N5/c1-5-20-18(21-14-17-10-9-11-23(4)15-17)22-16-19(2,3)24-12-7-6-8-13-24/h17H,5-16H2,1-4H3,(H2,20,21,22). The van der Waals surface area contributed by atoms with E-state index in [0.717, 1.165) is 31.5 Å². The maximum absolute atomic E-state index is 4.90. The van der Waals surface area contributed by atoms with Gasteiger partial charge >= 0.3 is 0 Å². The normalized spacial score (nSPS) is 24.8. The summed E-state index contributed by atoms with van der Waals surface area (Å²) in [6, 6.07) is 0. The molecule has 0 amide bonds. The molecule has 0 spiro atoms. The smallest absolute Gasteiger partial charge is 0.191 e. The third kappa shape index (κ3) is 6.25. The summed E-state index contributed by atoms with van der Waals surface area (Å²) in [5, 5.41) is 7.00. The molecule has 5 nitrogen and oxygen atoms in total. The van der Waals surface area contributed by atoms with E-state index in [1.807, 2.05) is 0 Å². The molecule has 140 valence electrons. The van der Waals surface area contributed by atoms with Crippen LogP contribution in [0.25, 0.3) is 0 Å². The van der Waals surface area contributed by atoms with Crippen molar-refractivity contribution in [3.8, 4) is 0 Å². The van der Waals surface area contributed by atoms with Crippen molar-refractivity contribution >= 4 is 5.96 Å². The number of hydrogen-bond donors (Lipinski definition) is 2. The van der Waals surface area contributed by atoms with Crippen LogP contribution in [-0.4, -0.2) is 74.2 Å². The van der Waals surface area contributed by atoms with Crippen molar-refractivity contribution in [3.63, 3.8) is 0 Å². The minimum Gasteiger partial charge on any atom is -0.357 e. The highest BCUT2D eigenvalue weighted by molar-refractivity contribution is 5.79. The molecule has 24 heavy (non-hydrogen) atoms. The molecule has 2 saturated heterocycles. The van der Waals surface area contributed by atoms with Crippen LogP contribution in [0, 0.1) is 5.92 Å². The van der Waals surface area contributed by atoms with Crippen molar-refractivity contribution in [2.75, 3.05) is 52.9 Å². The Morgan fingerprint density at radius 2 is 1.83 bits per heavy atom. The van der Waals surface area contributed by atoms with Crippen LogP contribution in [0.2, 0.25) is 0 Å². The van der Waals surface area contributed by atoms with Crippen LogP contribution in [0.5, 0.6) is 0 Å². The second-order valence-electron chi connectivity index (χ2n) is 8.21. The lowest BCUT2D eigenvalue weighted by molar-refractivity contribution is 0.102. The number of aliphatic imine (C=N–C) groups is 1. The first kappa shape index (κ1) is 19.5. The van der Waals surface area contributed by atoms with Gasteiger partial charge in [-0.1, -0.05) is 6.42 Å². The van der Waals surface area contributed by atoms with Crippen LogP contribution >= 0.6 is 0 Å². The fourth-order valence-electron chi connectivity index (χ4n) is 3.89. The van der Waals surface area contributed by atoms with Gasteiger partial charge in [-0.05, 0) is 79.1 Å². The predicted molar refractivity (Wildman–Crippen MR) is 104 cm³/mol. The van der Waals surface area contributed by atoms with Gasteiger partial charge in [-0.15, -0.1) is 0 Å². The van der Waals surface area contributed by atoms with Crippen LogP contribution < -0.4 is 10.6 Å². The SMILES string of the molecule is CCNC(=NCC(C)(C)N1CCCCC1)NCC1CCCN(C)C1. The maximum Gasteiger partial charge on any atom is 0.191 e. The molecule has 0 bridgehead atoms. The first-order valence-electron chi connectivity index (χ1n) is 9.97. The Bertz CT molecular complexity index is 387. The summed E-state index contributed by atoms with van der Waals surface area (Å²) in [5.41, 5.74) is 0.147. The summed E-state index contributed by atoms with van der Waals surface area (Å²) in [6.45, 7) is 14.5. The van der Waals surface area contributed by atoms with Gasteiger partial charge in [-0.2, -0.15) is 0 Å². The molecule has 2 fully saturated rings. The number of piperidine rings is 2. The van der Waals surface area contributed by atoms with Crippen LogP contribution in [0.4, 0.5) is 0 Å². The molecule has 2 N–H and O–H groups in total. The van der Waals surface area contributed by atoms with E-state index in [-0.39, 0.29) is 5.54 Å². The molecule has 0 aliphatic carbocycles. The molecule has 0 aromatic heterocycles. The predicted octanol–water partition coefficient (Wildman–Crippen LogP) is 2.15. The molecule has 2 aliphatic heterocycles.